The Morgan fingerprint density at radius 1 is 1.23 bits per heavy atom. The van der Waals surface area contributed by atoms with E-state index in [1.165, 1.54) is 0 Å². The zero-order valence-electron chi connectivity index (χ0n) is 14.2. The maximum absolute atomic E-state index is 12.5. The van der Waals surface area contributed by atoms with Crippen LogP contribution in [0.4, 0.5) is 4.79 Å². The number of nitrogens with two attached hydrogens (primary N) is 1. The van der Waals surface area contributed by atoms with Crippen LogP contribution < -0.4 is 5.73 Å². The van der Waals surface area contributed by atoms with Gasteiger partial charge in [0.15, 0.2) is 0 Å². The molecule has 2 atom stereocenters. The standard InChI is InChI=1S/C16H29N3O3/c1-11(17)14(20)18-9-5-6-13(10-18)19(12-7-8-12)15(21)22-16(2,3)4/h11-13H,5-10,17H2,1-4H3/t11-,13-/m0/s1. The normalized spacial score (nSPS) is 23.9. The second-order valence-electron chi connectivity index (χ2n) is 7.49. The average molecular weight is 311 g/mol. The first-order valence-corrected chi connectivity index (χ1v) is 8.24. The molecule has 6 nitrogen and oxygen atoms in total. The first-order valence-electron chi connectivity index (χ1n) is 8.24. The summed E-state index contributed by atoms with van der Waals surface area (Å²) in [6.45, 7) is 8.63. The Hall–Kier alpha value is -1.30. The molecular weight excluding hydrogens is 282 g/mol. The van der Waals surface area contributed by atoms with E-state index in [0.717, 1.165) is 32.2 Å². The van der Waals surface area contributed by atoms with Crippen LogP contribution in [0.2, 0.25) is 0 Å². The Morgan fingerprint density at radius 2 is 1.86 bits per heavy atom. The van der Waals surface area contributed by atoms with Crippen LogP contribution in [0.1, 0.15) is 53.4 Å². The van der Waals surface area contributed by atoms with Crippen molar-refractivity contribution in [3.8, 4) is 0 Å². The number of carbonyl (C=O) groups is 2. The third-order valence-electron chi connectivity index (χ3n) is 4.04. The van der Waals surface area contributed by atoms with E-state index >= 15 is 0 Å². The van der Waals surface area contributed by atoms with Crippen LogP contribution >= 0.6 is 0 Å². The predicted octanol–water partition coefficient (Wildman–Crippen LogP) is 1.72. The number of hydrogen-bond acceptors (Lipinski definition) is 4. The lowest BCUT2D eigenvalue weighted by molar-refractivity contribution is -0.134. The van der Waals surface area contributed by atoms with E-state index in [4.69, 9.17) is 10.5 Å². The molecule has 1 heterocycles. The van der Waals surface area contributed by atoms with E-state index in [1.54, 1.807) is 11.8 Å². The minimum atomic E-state index is -0.500. The van der Waals surface area contributed by atoms with Crippen molar-refractivity contribution in [2.75, 3.05) is 13.1 Å². The summed E-state index contributed by atoms with van der Waals surface area (Å²) in [6, 6.07) is -0.182. The van der Waals surface area contributed by atoms with Gasteiger partial charge in [0.1, 0.15) is 5.60 Å². The molecule has 0 aromatic carbocycles. The summed E-state index contributed by atoms with van der Waals surface area (Å²) < 4.78 is 5.56. The lowest BCUT2D eigenvalue weighted by Crippen LogP contribution is -2.55. The Labute approximate surface area is 132 Å². The highest BCUT2D eigenvalue weighted by atomic mass is 16.6. The molecule has 0 aromatic rings. The summed E-state index contributed by atoms with van der Waals surface area (Å²) in [6.07, 6.45) is 3.61. The highest BCUT2D eigenvalue weighted by Crippen LogP contribution is 2.32. The SMILES string of the molecule is C[C@H](N)C(=O)N1CCC[C@H](N(C(=O)OC(C)(C)C)C2CC2)C1. The number of nitrogens with zero attached hydrogens (tertiary/aromatic N) is 2. The highest BCUT2D eigenvalue weighted by molar-refractivity contribution is 5.81. The molecule has 22 heavy (non-hydrogen) atoms. The third kappa shape index (κ3) is 4.35. The van der Waals surface area contributed by atoms with Crippen molar-refractivity contribution in [3.05, 3.63) is 0 Å². The zero-order valence-corrected chi connectivity index (χ0v) is 14.2. The van der Waals surface area contributed by atoms with Crippen molar-refractivity contribution in [1.82, 2.24) is 9.80 Å². The largest absolute Gasteiger partial charge is 0.444 e. The minimum Gasteiger partial charge on any atom is -0.444 e. The molecule has 2 N–H and O–H groups in total. The average Bonchev–Trinajstić information content (AvgIpc) is 3.20. The molecule has 0 aromatic heterocycles. The molecule has 0 spiro atoms. The van der Waals surface area contributed by atoms with Crippen molar-refractivity contribution >= 4 is 12.0 Å². The van der Waals surface area contributed by atoms with Gasteiger partial charge in [0.25, 0.3) is 0 Å². The quantitative estimate of drug-likeness (QED) is 0.861. The van der Waals surface area contributed by atoms with E-state index in [-0.39, 0.29) is 24.1 Å². The Kier molecular flexibility index (Phi) is 5.00. The van der Waals surface area contributed by atoms with Gasteiger partial charge in [-0.2, -0.15) is 0 Å². The molecule has 1 saturated carbocycles. The smallest absolute Gasteiger partial charge is 0.410 e. The van der Waals surface area contributed by atoms with Crippen molar-refractivity contribution in [2.24, 2.45) is 5.73 Å². The summed E-state index contributed by atoms with van der Waals surface area (Å²) >= 11 is 0. The Balaban J connectivity index is 2.05. The van der Waals surface area contributed by atoms with Gasteiger partial charge in [0.2, 0.25) is 5.91 Å². The number of likely N-dealkylation sites (tertiary alicyclic amines) is 1. The van der Waals surface area contributed by atoms with E-state index in [0.29, 0.717) is 6.54 Å². The fourth-order valence-corrected chi connectivity index (χ4v) is 2.93. The van der Waals surface area contributed by atoms with Crippen molar-refractivity contribution < 1.29 is 14.3 Å². The fraction of sp³-hybridized carbons (Fsp3) is 0.875. The van der Waals surface area contributed by atoms with Gasteiger partial charge in [-0.3, -0.25) is 4.79 Å². The maximum Gasteiger partial charge on any atom is 0.410 e. The van der Waals surface area contributed by atoms with Gasteiger partial charge in [-0.05, 0) is 53.4 Å². The molecule has 2 amide bonds. The van der Waals surface area contributed by atoms with Gasteiger partial charge in [0, 0.05) is 19.1 Å². The van der Waals surface area contributed by atoms with Crippen LogP contribution in [-0.4, -0.2) is 58.6 Å². The summed E-state index contributed by atoms with van der Waals surface area (Å²) in [5, 5.41) is 0. The van der Waals surface area contributed by atoms with Crippen molar-refractivity contribution in [2.45, 2.75) is 77.1 Å². The molecule has 126 valence electrons. The summed E-state index contributed by atoms with van der Waals surface area (Å²) in [4.78, 5) is 28.3. The lowest BCUT2D eigenvalue weighted by atomic mass is 10.0. The van der Waals surface area contributed by atoms with Crippen LogP contribution in [0.15, 0.2) is 0 Å². The molecule has 1 saturated heterocycles. The highest BCUT2D eigenvalue weighted by Gasteiger charge is 2.41. The van der Waals surface area contributed by atoms with Crippen LogP contribution in [0.5, 0.6) is 0 Å². The van der Waals surface area contributed by atoms with E-state index in [1.807, 2.05) is 25.7 Å². The molecule has 6 heteroatoms. The number of ether oxygens (including phenoxy) is 1. The Morgan fingerprint density at radius 3 is 2.36 bits per heavy atom. The topological polar surface area (TPSA) is 75.9 Å². The van der Waals surface area contributed by atoms with E-state index in [9.17, 15) is 9.59 Å². The summed E-state index contributed by atoms with van der Waals surface area (Å²) in [5.41, 5.74) is 5.21. The third-order valence-corrected chi connectivity index (χ3v) is 4.04. The number of rotatable bonds is 3. The van der Waals surface area contributed by atoms with E-state index < -0.39 is 11.6 Å². The number of amides is 2. The molecule has 0 bridgehead atoms. The molecule has 0 radical (unpaired) electrons. The maximum atomic E-state index is 12.5. The molecule has 2 fully saturated rings. The zero-order chi connectivity index (χ0) is 16.5. The predicted molar refractivity (Wildman–Crippen MR) is 84.3 cm³/mol. The first-order chi connectivity index (χ1) is 10.2. The molecule has 1 aliphatic heterocycles. The van der Waals surface area contributed by atoms with Gasteiger partial charge in [-0.1, -0.05) is 0 Å². The molecule has 1 aliphatic carbocycles. The monoisotopic (exact) mass is 311 g/mol. The van der Waals surface area contributed by atoms with Gasteiger partial charge in [-0.15, -0.1) is 0 Å². The van der Waals surface area contributed by atoms with Crippen molar-refractivity contribution in [3.63, 3.8) is 0 Å². The molecule has 2 aliphatic rings. The first kappa shape index (κ1) is 17.1. The van der Waals surface area contributed by atoms with Crippen LogP contribution in [0, 0.1) is 0 Å². The number of carbonyl (C=O) groups excluding carboxylic acids is 2. The second-order valence-corrected chi connectivity index (χ2v) is 7.49. The molecular formula is C16H29N3O3. The van der Waals surface area contributed by atoms with E-state index in [2.05, 4.69) is 0 Å². The Bertz CT molecular complexity index is 427. The van der Waals surface area contributed by atoms with Crippen molar-refractivity contribution in [1.29, 1.82) is 0 Å². The van der Waals surface area contributed by atoms with Gasteiger partial charge in [-0.25, -0.2) is 4.79 Å². The van der Waals surface area contributed by atoms with Crippen LogP contribution in [0.3, 0.4) is 0 Å². The summed E-state index contributed by atoms with van der Waals surface area (Å²) in [7, 11) is 0. The second kappa shape index (κ2) is 6.44. The number of piperidine rings is 1. The minimum absolute atomic E-state index is 0.0374. The van der Waals surface area contributed by atoms with Crippen LogP contribution in [0.25, 0.3) is 0 Å². The lowest BCUT2D eigenvalue weighted by Gasteiger charge is -2.40. The fourth-order valence-electron chi connectivity index (χ4n) is 2.93. The van der Waals surface area contributed by atoms with Gasteiger partial charge < -0.3 is 20.3 Å². The van der Waals surface area contributed by atoms with Gasteiger partial charge in [0.05, 0.1) is 12.1 Å². The number of hydrogen-bond donors (Lipinski definition) is 1. The van der Waals surface area contributed by atoms with Crippen LogP contribution in [-0.2, 0) is 9.53 Å². The molecule has 0 unspecified atom stereocenters. The van der Waals surface area contributed by atoms with Gasteiger partial charge >= 0.3 is 6.09 Å². The summed E-state index contributed by atoms with van der Waals surface area (Å²) in [5.74, 6) is -0.0374. The molecule has 2 rings (SSSR count).